The summed E-state index contributed by atoms with van der Waals surface area (Å²) in [5.74, 6) is 0.527. The maximum Gasteiger partial charge on any atom is 0.262 e. The van der Waals surface area contributed by atoms with E-state index in [0.29, 0.717) is 17.2 Å². The van der Waals surface area contributed by atoms with Crippen LogP contribution in [-0.2, 0) is 11.2 Å². The van der Waals surface area contributed by atoms with Gasteiger partial charge in [-0.05, 0) is 55.8 Å². The van der Waals surface area contributed by atoms with Crippen LogP contribution in [0, 0.1) is 5.92 Å². The second-order valence-corrected chi connectivity index (χ2v) is 8.30. The van der Waals surface area contributed by atoms with Crippen LogP contribution in [0.15, 0.2) is 47.8 Å². The van der Waals surface area contributed by atoms with Crippen LogP contribution in [0.4, 0.5) is 0 Å². The fourth-order valence-electron chi connectivity index (χ4n) is 3.70. The number of rotatable bonds is 8. The average Bonchev–Trinajstić information content (AvgIpc) is 3.27. The summed E-state index contributed by atoms with van der Waals surface area (Å²) in [4.78, 5) is 28.4. The summed E-state index contributed by atoms with van der Waals surface area (Å²) in [6.45, 7) is 2.56. The van der Waals surface area contributed by atoms with Crippen molar-refractivity contribution in [3.05, 3.63) is 58.3 Å². The number of carbonyl (C=O) groups excluding carboxylic acids is 2. The molecule has 0 bridgehead atoms. The van der Waals surface area contributed by atoms with E-state index in [9.17, 15) is 9.59 Å². The predicted octanol–water partition coefficient (Wildman–Crippen LogP) is 2.94. The minimum atomic E-state index is -0.536. The number of piperidine rings is 1. The molecule has 28 heavy (non-hydrogen) atoms. The van der Waals surface area contributed by atoms with Crippen LogP contribution >= 0.6 is 11.3 Å². The quantitative estimate of drug-likeness (QED) is 0.717. The van der Waals surface area contributed by atoms with E-state index < -0.39 is 6.04 Å². The maximum absolute atomic E-state index is 13.2. The lowest BCUT2D eigenvalue weighted by Crippen LogP contribution is -2.51. The fraction of sp³-hybridized carbons (Fsp3) is 0.455. The second-order valence-electron chi connectivity index (χ2n) is 7.35. The summed E-state index contributed by atoms with van der Waals surface area (Å²) in [6, 6.07) is 13.0. The van der Waals surface area contributed by atoms with Gasteiger partial charge in [0.25, 0.3) is 5.91 Å². The first-order chi connectivity index (χ1) is 13.7. The molecule has 0 spiro atoms. The van der Waals surface area contributed by atoms with Crippen LogP contribution < -0.4 is 10.6 Å². The van der Waals surface area contributed by atoms with Gasteiger partial charge in [-0.1, -0.05) is 36.4 Å². The van der Waals surface area contributed by atoms with Crippen molar-refractivity contribution < 1.29 is 9.59 Å². The molecule has 1 aliphatic heterocycles. The van der Waals surface area contributed by atoms with Gasteiger partial charge < -0.3 is 15.5 Å². The van der Waals surface area contributed by atoms with E-state index in [2.05, 4.69) is 10.6 Å². The van der Waals surface area contributed by atoms with Crippen LogP contribution in [0.25, 0.3) is 0 Å². The Hall–Kier alpha value is -2.18. The van der Waals surface area contributed by atoms with E-state index in [4.69, 9.17) is 0 Å². The molecule has 1 aromatic carbocycles. The Bertz CT molecular complexity index is 740. The molecule has 150 valence electrons. The maximum atomic E-state index is 13.2. The summed E-state index contributed by atoms with van der Waals surface area (Å²) >= 11 is 1.39. The van der Waals surface area contributed by atoms with E-state index in [-0.39, 0.29) is 11.8 Å². The second kappa shape index (κ2) is 10.4. The summed E-state index contributed by atoms with van der Waals surface area (Å²) in [6.07, 6.45) is 3.73. The molecule has 2 N–H and O–H groups in total. The summed E-state index contributed by atoms with van der Waals surface area (Å²) in [5.41, 5.74) is 1.05. The molecule has 1 saturated heterocycles. The highest BCUT2D eigenvalue weighted by Gasteiger charge is 2.29. The number of likely N-dealkylation sites (tertiary alicyclic amines) is 1. The molecule has 0 aliphatic carbocycles. The number of benzene rings is 1. The molecule has 2 aromatic rings. The third-order valence-corrected chi connectivity index (χ3v) is 6.23. The highest BCUT2D eigenvalue weighted by molar-refractivity contribution is 7.12. The van der Waals surface area contributed by atoms with Crippen molar-refractivity contribution in [2.75, 3.05) is 26.7 Å². The first-order valence-electron chi connectivity index (χ1n) is 9.99. The molecule has 0 saturated carbocycles. The van der Waals surface area contributed by atoms with Gasteiger partial charge in [0.05, 0.1) is 4.88 Å². The van der Waals surface area contributed by atoms with Gasteiger partial charge in [0, 0.05) is 19.5 Å². The molecule has 1 aliphatic rings. The van der Waals surface area contributed by atoms with Gasteiger partial charge in [0.15, 0.2) is 0 Å². The number of hydrogen-bond acceptors (Lipinski definition) is 4. The Labute approximate surface area is 171 Å². The van der Waals surface area contributed by atoms with Crippen molar-refractivity contribution in [3.8, 4) is 0 Å². The van der Waals surface area contributed by atoms with Crippen LogP contribution in [0.1, 0.15) is 34.5 Å². The van der Waals surface area contributed by atoms with E-state index in [1.54, 1.807) is 6.07 Å². The average molecular weight is 400 g/mol. The Morgan fingerprint density at radius 2 is 1.89 bits per heavy atom. The van der Waals surface area contributed by atoms with Gasteiger partial charge >= 0.3 is 0 Å². The monoisotopic (exact) mass is 399 g/mol. The summed E-state index contributed by atoms with van der Waals surface area (Å²) in [7, 11) is 1.98. The first-order valence-corrected chi connectivity index (χ1v) is 10.9. The lowest BCUT2D eigenvalue weighted by molar-refractivity contribution is -0.134. The van der Waals surface area contributed by atoms with Crippen molar-refractivity contribution in [3.63, 3.8) is 0 Å². The molecule has 2 amide bonds. The first kappa shape index (κ1) is 20.6. The summed E-state index contributed by atoms with van der Waals surface area (Å²) < 4.78 is 0. The zero-order chi connectivity index (χ0) is 19.8. The van der Waals surface area contributed by atoms with Gasteiger partial charge in [-0.25, -0.2) is 0 Å². The Morgan fingerprint density at radius 3 is 2.54 bits per heavy atom. The zero-order valence-electron chi connectivity index (χ0n) is 16.4. The standard InChI is InChI=1S/C22H29N3O2S/c1-23-12-9-17-10-13-25(14-11-17)22(27)19(16-18-6-3-2-4-7-18)24-21(26)20-8-5-15-28-20/h2-8,15,17,19,23H,9-14,16H2,1H3,(H,24,26). The fourth-order valence-corrected chi connectivity index (χ4v) is 4.32. The molecular weight excluding hydrogens is 370 g/mol. The van der Waals surface area contributed by atoms with E-state index >= 15 is 0 Å². The van der Waals surface area contributed by atoms with E-state index in [1.807, 2.05) is 53.7 Å². The Morgan fingerprint density at radius 1 is 1.14 bits per heavy atom. The highest BCUT2D eigenvalue weighted by Crippen LogP contribution is 2.21. The van der Waals surface area contributed by atoms with Crippen molar-refractivity contribution >= 4 is 23.2 Å². The number of nitrogens with one attached hydrogen (secondary N) is 2. The van der Waals surface area contributed by atoms with E-state index in [1.165, 1.54) is 11.3 Å². The number of hydrogen-bond donors (Lipinski definition) is 2. The van der Waals surface area contributed by atoms with Crippen LogP contribution in [-0.4, -0.2) is 49.4 Å². The number of amides is 2. The molecule has 2 heterocycles. The molecular formula is C22H29N3O2S. The largest absolute Gasteiger partial charge is 0.341 e. The number of carbonyl (C=O) groups is 2. The number of nitrogens with zero attached hydrogens (tertiary/aromatic N) is 1. The van der Waals surface area contributed by atoms with Crippen LogP contribution in [0.3, 0.4) is 0 Å². The predicted molar refractivity (Wildman–Crippen MR) is 114 cm³/mol. The Balaban J connectivity index is 1.65. The number of thiophene rings is 1. The molecule has 3 rings (SSSR count). The third kappa shape index (κ3) is 5.66. The topological polar surface area (TPSA) is 61.4 Å². The van der Waals surface area contributed by atoms with Crippen molar-refractivity contribution in [2.45, 2.75) is 31.7 Å². The minimum absolute atomic E-state index is 0.0285. The third-order valence-electron chi connectivity index (χ3n) is 5.36. The minimum Gasteiger partial charge on any atom is -0.341 e. The Kier molecular flexibility index (Phi) is 7.62. The zero-order valence-corrected chi connectivity index (χ0v) is 17.2. The normalized spacial score (nSPS) is 16.0. The molecule has 6 heteroatoms. The highest BCUT2D eigenvalue weighted by atomic mass is 32.1. The molecule has 0 radical (unpaired) electrons. The lowest BCUT2D eigenvalue weighted by Gasteiger charge is -2.34. The summed E-state index contributed by atoms with van der Waals surface area (Å²) in [5, 5.41) is 8.06. The molecule has 1 fully saturated rings. The van der Waals surface area contributed by atoms with Gasteiger partial charge in [-0.15, -0.1) is 11.3 Å². The van der Waals surface area contributed by atoms with Crippen LogP contribution in [0.2, 0.25) is 0 Å². The smallest absolute Gasteiger partial charge is 0.262 e. The van der Waals surface area contributed by atoms with Gasteiger partial charge in [0.1, 0.15) is 6.04 Å². The molecule has 1 atom stereocenters. The van der Waals surface area contributed by atoms with Crippen molar-refractivity contribution in [1.82, 2.24) is 15.5 Å². The van der Waals surface area contributed by atoms with Gasteiger partial charge in [0.2, 0.25) is 5.91 Å². The van der Waals surface area contributed by atoms with Crippen molar-refractivity contribution in [2.24, 2.45) is 5.92 Å². The van der Waals surface area contributed by atoms with Gasteiger partial charge in [-0.3, -0.25) is 9.59 Å². The lowest BCUT2D eigenvalue weighted by atomic mass is 9.93. The SMILES string of the molecule is CNCCC1CCN(C(=O)C(Cc2ccccc2)NC(=O)c2cccs2)CC1. The van der Waals surface area contributed by atoms with E-state index in [0.717, 1.165) is 44.5 Å². The molecule has 1 unspecified atom stereocenters. The molecule has 1 aromatic heterocycles. The van der Waals surface area contributed by atoms with Crippen molar-refractivity contribution in [1.29, 1.82) is 0 Å². The van der Waals surface area contributed by atoms with Crippen LogP contribution in [0.5, 0.6) is 0 Å². The van der Waals surface area contributed by atoms with Gasteiger partial charge in [-0.2, -0.15) is 0 Å². The molecule has 5 nitrogen and oxygen atoms in total.